The Bertz CT molecular complexity index is 318. The molecule has 0 saturated heterocycles. The van der Waals surface area contributed by atoms with Crippen LogP contribution in [0, 0.1) is 0 Å². The Morgan fingerprint density at radius 1 is 1.54 bits per heavy atom. The van der Waals surface area contributed by atoms with Crippen LogP contribution in [-0.2, 0) is 6.42 Å². The normalized spacial score (nSPS) is 9.92. The van der Waals surface area contributed by atoms with E-state index in [0.717, 1.165) is 24.0 Å². The molecule has 0 spiro atoms. The molecule has 0 unspecified atom stereocenters. The second-order valence-electron chi connectivity index (χ2n) is 3.35. The maximum Gasteiger partial charge on any atom is 0.118 e. The van der Waals surface area contributed by atoms with Crippen LogP contribution in [0.15, 0.2) is 30.4 Å². The molecule has 0 amide bonds. The summed E-state index contributed by atoms with van der Waals surface area (Å²) < 4.78 is 0. The molecular formula is C11H15NO. The minimum absolute atomic E-state index is 0.315. The van der Waals surface area contributed by atoms with Gasteiger partial charge in [-0.2, -0.15) is 0 Å². The SMILES string of the molecule is C=C(C)CCc1cc(N)ccc1O. The van der Waals surface area contributed by atoms with Crippen LogP contribution < -0.4 is 5.73 Å². The standard InChI is InChI=1S/C11H15NO/c1-8(2)3-4-9-7-10(12)5-6-11(9)13/h5-7,13H,1,3-4,12H2,2H3. The number of hydrogen-bond acceptors (Lipinski definition) is 2. The number of aromatic hydroxyl groups is 1. The van der Waals surface area contributed by atoms with Gasteiger partial charge in [0.25, 0.3) is 0 Å². The van der Waals surface area contributed by atoms with E-state index in [2.05, 4.69) is 6.58 Å². The fourth-order valence-corrected chi connectivity index (χ4v) is 1.15. The number of anilines is 1. The summed E-state index contributed by atoms with van der Waals surface area (Å²) in [5.41, 5.74) is 8.29. The third-order valence-electron chi connectivity index (χ3n) is 1.92. The second-order valence-corrected chi connectivity index (χ2v) is 3.35. The number of allylic oxidation sites excluding steroid dienone is 1. The summed E-state index contributed by atoms with van der Waals surface area (Å²) in [6.07, 6.45) is 1.68. The summed E-state index contributed by atoms with van der Waals surface area (Å²) in [6.45, 7) is 5.78. The van der Waals surface area contributed by atoms with Crippen molar-refractivity contribution >= 4 is 5.69 Å². The number of nitrogen functional groups attached to an aromatic ring is 1. The van der Waals surface area contributed by atoms with E-state index in [0.29, 0.717) is 11.4 Å². The number of nitrogens with two attached hydrogens (primary N) is 1. The Morgan fingerprint density at radius 3 is 2.85 bits per heavy atom. The minimum atomic E-state index is 0.315. The van der Waals surface area contributed by atoms with E-state index in [4.69, 9.17) is 5.73 Å². The van der Waals surface area contributed by atoms with Gasteiger partial charge in [0.15, 0.2) is 0 Å². The van der Waals surface area contributed by atoms with Crippen LogP contribution in [0.2, 0.25) is 0 Å². The number of aryl methyl sites for hydroxylation is 1. The smallest absolute Gasteiger partial charge is 0.118 e. The Morgan fingerprint density at radius 2 is 2.23 bits per heavy atom. The number of rotatable bonds is 3. The average Bonchev–Trinajstić information content (AvgIpc) is 2.06. The maximum atomic E-state index is 9.46. The molecule has 0 atom stereocenters. The number of benzene rings is 1. The molecule has 0 aliphatic heterocycles. The quantitative estimate of drug-likeness (QED) is 0.423. The summed E-state index contributed by atoms with van der Waals surface area (Å²) in [5.74, 6) is 0.315. The van der Waals surface area contributed by atoms with Crippen molar-refractivity contribution in [3.63, 3.8) is 0 Å². The van der Waals surface area contributed by atoms with Gasteiger partial charge in [0.1, 0.15) is 5.75 Å². The Labute approximate surface area is 78.7 Å². The van der Waals surface area contributed by atoms with Gasteiger partial charge in [0.05, 0.1) is 0 Å². The van der Waals surface area contributed by atoms with E-state index >= 15 is 0 Å². The number of phenols is 1. The Kier molecular flexibility index (Phi) is 2.96. The molecule has 3 N–H and O–H groups in total. The van der Waals surface area contributed by atoms with Crippen LogP contribution in [0.5, 0.6) is 5.75 Å². The van der Waals surface area contributed by atoms with Crippen LogP contribution in [-0.4, -0.2) is 5.11 Å². The topological polar surface area (TPSA) is 46.2 Å². The molecule has 0 bridgehead atoms. The van der Waals surface area contributed by atoms with Crippen molar-refractivity contribution in [3.8, 4) is 5.75 Å². The lowest BCUT2D eigenvalue weighted by atomic mass is 10.1. The van der Waals surface area contributed by atoms with Gasteiger partial charge in [-0.05, 0) is 43.5 Å². The first-order valence-electron chi connectivity index (χ1n) is 4.31. The highest BCUT2D eigenvalue weighted by molar-refractivity contribution is 5.47. The molecule has 0 aromatic heterocycles. The van der Waals surface area contributed by atoms with E-state index in [9.17, 15) is 5.11 Å². The van der Waals surface area contributed by atoms with Gasteiger partial charge in [-0.15, -0.1) is 6.58 Å². The molecule has 1 rings (SSSR count). The highest BCUT2D eigenvalue weighted by atomic mass is 16.3. The summed E-state index contributed by atoms with van der Waals surface area (Å²) in [6, 6.07) is 5.13. The molecule has 70 valence electrons. The van der Waals surface area contributed by atoms with Gasteiger partial charge in [0, 0.05) is 5.69 Å². The number of phenolic OH excluding ortho intramolecular Hbond substituents is 1. The van der Waals surface area contributed by atoms with Gasteiger partial charge in [-0.25, -0.2) is 0 Å². The van der Waals surface area contributed by atoms with Gasteiger partial charge in [0.2, 0.25) is 0 Å². The lowest BCUT2D eigenvalue weighted by Crippen LogP contribution is -1.90. The molecule has 1 aromatic carbocycles. The molecule has 0 heterocycles. The van der Waals surface area contributed by atoms with Crippen LogP contribution in [0.4, 0.5) is 5.69 Å². The molecule has 0 aliphatic carbocycles. The zero-order chi connectivity index (χ0) is 9.84. The molecule has 0 radical (unpaired) electrons. The largest absolute Gasteiger partial charge is 0.508 e. The Balaban J connectivity index is 2.75. The number of hydrogen-bond donors (Lipinski definition) is 2. The van der Waals surface area contributed by atoms with Gasteiger partial charge in [-0.1, -0.05) is 5.57 Å². The van der Waals surface area contributed by atoms with E-state index in [1.54, 1.807) is 18.2 Å². The molecule has 13 heavy (non-hydrogen) atoms. The monoisotopic (exact) mass is 177 g/mol. The van der Waals surface area contributed by atoms with Crippen LogP contribution >= 0.6 is 0 Å². The molecule has 2 nitrogen and oxygen atoms in total. The highest BCUT2D eigenvalue weighted by Crippen LogP contribution is 2.21. The predicted octanol–water partition coefficient (Wildman–Crippen LogP) is 2.48. The summed E-state index contributed by atoms with van der Waals surface area (Å²) in [7, 11) is 0. The van der Waals surface area contributed by atoms with Gasteiger partial charge in [-0.3, -0.25) is 0 Å². The summed E-state index contributed by atoms with van der Waals surface area (Å²) in [5, 5.41) is 9.46. The lowest BCUT2D eigenvalue weighted by molar-refractivity contribution is 0.468. The molecular weight excluding hydrogens is 162 g/mol. The van der Waals surface area contributed by atoms with Crippen molar-refractivity contribution in [1.29, 1.82) is 0 Å². The molecule has 2 heteroatoms. The predicted molar refractivity (Wildman–Crippen MR) is 55.7 cm³/mol. The molecule has 0 fully saturated rings. The van der Waals surface area contributed by atoms with Gasteiger partial charge >= 0.3 is 0 Å². The first kappa shape index (κ1) is 9.65. The maximum absolute atomic E-state index is 9.46. The molecule has 0 saturated carbocycles. The minimum Gasteiger partial charge on any atom is -0.508 e. The van der Waals surface area contributed by atoms with E-state index in [1.165, 1.54) is 0 Å². The van der Waals surface area contributed by atoms with Crippen molar-refractivity contribution in [2.75, 3.05) is 5.73 Å². The second kappa shape index (κ2) is 3.99. The third kappa shape index (κ3) is 2.82. The third-order valence-corrected chi connectivity index (χ3v) is 1.92. The highest BCUT2D eigenvalue weighted by Gasteiger charge is 2.00. The van der Waals surface area contributed by atoms with E-state index in [-0.39, 0.29) is 0 Å². The summed E-state index contributed by atoms with van der Waals surface area (Å²) >= 11 is 0. The zero-order valence-electron chi connectivity index (χ0n) is 7.88. The molecule has 0 aliphatic rings. The van der Waals surface area contributed by atoms with Crippen molar-refractivity contribution in [1.82, 2.24) is 0 Å². The first-order chi connectivity index (χ1) is 6.09. The van der Waals surface area contributed by atoms with Crippen LogP contribution in [0.3, 0.4) is 0 Å². The van der Waals surface area contributed by atoms with Crippen molar-refractivity contribution in [3.05, 3.63) is 35.9 Å². The van der Waals surface area contributed by atoms with Crippen molar-refractivity contribution in [2.24, 2.45) is 0 Å². The van der Waals surface area contributed by atoms with E-state index in [1.807, 2.05) is 6.92 Å². The van der Waals surface area contributed by atoms with Crippen molar-refractivity contribution < 1.29 is 5.11 Å². The first-order valence-corrected chi connectivity index (χ1v) is 4.31. The summed E-state index contributed by atoms with van der Waals surface area (Å²) in [4.78, 5) is 0. The fraction of sp³-hybridized carbons (Fsp3) is 0.273. The zero-order valence-corrected chi connectivity index (χ0v) is 7.88. The van der Waals surface area contributed by atoms with Crippen LogP contribution in [0.25, 0.3) is 0 Å². The van der Waals surface area contributed by atoms with Gasteiger partial charge < -0.3 is 10.8 Å². The van der Waals surface area contributed by atoms with Crippen molar-refractivity contribution in [2.45, 2.75) is 19.8 Å². The molecule has 1 aromatic rings. The van der Waals surface area contributed by atoms with E-state index < -0.39 is 0 Å². The Hall–Kier alpha value is -1.44. The average molecular weight is 177 g/mol. The fourth-order valence-electron chi connectivity index (χ4n) is 1.15. The lowest BCUT2D eigenvalue weighted by Gasteiger charge is -2.05. The van der Waals surface area contributed by atoms with Crippen LogP contribution in [0.1, 0.15) is 18.9 Å².